The summed E-state index contributed by atoms with van der Waals surface area (Å²) in [5.74, 6) is 6.25. The normalized spacial score (nSPS) is 10.5. The Kier molecular flexibility index (Phi) is 2.97. The second-order valence-corrected chi connectivity index (χ2v) is 3.89. The molecule has 0 saturated heterocycles. The molecule has 0 aliphatic carbocycles. The monoisotopic (exact) mass is 233 g/mol. The van der Waals surface area contributed by atoms with Gasteiger partial charge in [0.1, 0.15) is 5.82 Å². The molecule has 17 heavy (non-hydrogen) atoms. The number of nitrogen functional groups attached to an aromatic ring is 1. The summed E-state index contributed by atoms with van der Waals surface area (Å²) in [6.07, 6.45) is 3.49. The van der Waals surface area contributed by atoms with Crippen LogP contribution in [0.1, 0.15) is 11.3 Å². The van der Waals surface area contributed by atoms with Crippen LogP contribution in [0.3, 0.4) is 0 Å². The minimum atomic E-state index is 0.00123. The summed E-state index contributed by atoms with van der Waals surface area (Å²) in [5, 5.41) is 4.29. The SMILES string of the molecule is Cc1nn(C)c(NN)c1Cn1ccc(=O)cc1. The fourth-order valence-electron chi connectivity index (χ4n) is 1.80. The molecule has 0 saturated carbocycles. The Morgan fingerprint density at radius 2 is 2.06 bits per heavy atom. The van der Waals surface area contributed by atoms with Gasteiger partial charge in [0.2, 0.25) is 0 Å². The van der Waals surface area contributed by atoms with Crippen molar-refractivity contribution in [3.8, 4) is 0 Å². The number of nitrogens with zero attached hydrogens (tertiary/aromatic N) is 3. The number of hydrazine groups is 1. The molecule has 90 valence electrons. The highest BCUT2D eigenvalue weighted by molar-refractivity contribution is 5.46. The molecule has 2 rings (SSSR count). The molecular weight excluding hydrogens is 218 g/mol. The molecule has 0 unspecified atom stereocenters. The zero-order chi connectivity index (χ0) is 12.4. The minimum Gasteiger partial charge on any atom is -0.349 e. The van der Waals surface area contributed by atoms with E-state index in [1.54, 1.807) is 17.1 Å². The molecule has 0 spiro atoms. The number of aromatic nitrogens is 3. The van der Waals surface area contributed by atoms with E-state index in [-0.39, 0.29) is 5.43 Å². The van der Waals surface area contributed by atoms with E-state index in [1.165, 1.54) is 12.1 Å². The highest BCUT2D eigenvalue weighted by atomic mass is 16.1. The Morgan fingerprint density at radius 3 is 2.65 bits per heavy atom. The summed E-state index contributed by atoms with van der Waals surface area (Å²) in [5.41, 5.74) is 4.57. The van der Waals surface area contributed by atoms with Gasteiger partial charge in [-0.25, -0.2) is 5.84 Å². The Bertz CT molecular complexity index is 564. The zero-order valence-electron chi connectivity index (χ0n) is 9.84. The molecule has 2 aromatic rings. The van der Waals surface area contributed by atoms with E-state index in [0.29, 0.717) is 6.54 Å². The fraction of sp³-hybridized carbons (Fsp3) is 0.273. The van der Waals surface area contributed by atoms with E-state index >= 15 is 0 Å². The summed E-state index contributed by atoms with van der Waals surface area (Å²) in [6, 6.07) is 3.06. The fourth-order valence-corrected chi connectivity index (χ4v) is 1.80. The van der Waals surface area contributed by atoms with Gasteiger partial charge in [-0.1, -0.05) is 0 Å². The van der Waals surface area contributed by atoms with Crippen molar-refractivity contribution in [2.75, 3.05) is 5.43 Å². The van der Waals surface area contributed by atoms with E-state index < -0.39 is 0 Å². The molecule has 2 aromatic heterocycles. The summed E-state index contributed by atoms with van der Waals surface area (Å²) in [6.45, 7) is 2.55. The van der Waals surface area contributed by atoms with Crippen molar-refractivity contribution >= 4 is 5.82 Å². The average molecular weight is 233 g/mol. The van der Waals surface area contributed by atoms with Crippen LogP contribution in [0.2, 0.25) is 0 Å². The topological polar surface area (TPSA) is 77.9 Å². The lowest BCUT2D eigenvalue weighted by atomic mass is 10.2. The second kappa shape index (κ2) is 4.42. The molecule has 2 heterocycles. The number of anilines is 1. The predicted molar refractivity (Wildman–Crippen MR) is 65.6 cm³/mol. The van der Waals surface area contributed by atoms with Crippen LogP contribution in [-0.2, 0) is 13.6 Å². The summed E-state index contributed by atoms with van der Waals surface area (Å²) < 4.78 is 3.61. The lowest BCUT2D eigenvalue weighted by molar-refractivity contribution is 0.759. The van der Waals surface area contributed by atoms with Gasteiger partial charge in [-0.05, 0) is 6.92 Å². The third-order valence-corrected chi connectivity index (χ3v) is 2.68. The van der Waals surface area contributed by atoms with Crippen molar-refractivity contribution in [2.45, 2.75) is 13.5 Å². The van der Waals surface area contributed by atoms with E-state index in [9.17, 15) is 4.79 Å². The van der Waals surface area contributed by atoms with Crippen LogP contribution in [0.25, 0.3) is 0 Å². The molecule has 0 radical (unpaired) electrons. The molecule has 0 bridgehead atoms. The van der Waals surface area contributed by atoms with Crippen LogP contribution in [0.5, 0.6) is 0 Å². The van der Waals surface area contributed by atoms with Crippen molar-refractivity contribution in [3.05, 3.63) is 46.0 Å². The predicted octanol–water partition coefficient (Wildman–Crippen LogP) is 0.224. The molecule has 0 atom stereocenters. The molecular formula is C11H15N5O. The van der Waals surface area contributed by atoms with Gasteiger partial charge in [0, 0.05) is 37.1 Å². The third kappa shape index (κ3) is 2.21. The Morgan fingerprint density at radius 1 is 1.41 bits per heavy atom. The minimum absolute atomic E-state index is 0.00123. The van der Waals surface area contributed by atoms with Gasteiger partial charge in [0.05, 0.1) is 12.2 Å². The van der Waals surface area contributed by atoms with Crippen LogP contribution in [-0.4, -0.2) is 14.3 Å². The Balaban J connectivity index is 2.35. The highest BCUT2D eigenvalue weighted by Crippen LogP contribution is 2.18. The van der Waals surface area contributed by atoms with E-state index in [2.05, 4.69) is 10.5 Å². The smallest absolute Gasteiger partial charge is 0.181 e. The maximum atomic E-state index is 11.0. The quantitative estimate of drug-likeness (QED) is 0.587. The molecule has 6 nitrogen and oxygen atoms in total. The number of pyridine rings is 1. The molecule has 0 aliphatic heterocycles. The van der Waals surface area contributed by atoms with Gasteiger partial charge < -0.3 is 9.99 Å². The van der Waals surface area contributed by atoms with Gasteiger partial charge >= 0.3 is 0 Å². The standard InChI is InChI=1S/C11H15N5O/c1-8-10(11(13-12)15(2)14-8)7-16-5-3-9(17)4-6-16/h3-6,13H,7,12H2,1-2H3. The molecule has 6 heteroatoms. The third-order valence-electron chi connectivity index (χ3n) is 2.68. The first-order chi connectivity index (χ1) is 8.11. The lowest BCUT2D eigenvalue weighted by Gasteiger charge is -2.08. The first-order valence-electron chi connectivity index (χ1n) is 5.27. The zero-order valence-corrected chi connectivity index (χ0v) is 9.84. The summed E-state index contributed by atoms with van der Waals surface area (Å²) in [4.78, 5) is 11.0. The number of rotatable bonds is 3. The average Bonchev–Trinajstić information content (AvgIpc) is 2.57. The van der Waals surface area contributed by atoms with Crippen LogP contribution < -0.4 is 16.7 Å². The first-order valence-corrected chi connectivity index (χ1v) is 5.27. The van der Waals surface area contributed by atoms with Gasteiger partial charge in [0.15, 0.2) is 5.43 Å². The van der Waals surface area contributed by atoms with Crippen molar-refractivity contribution in [2.24, 2.45) is 12.9 Å². The Labute approximate surface area is 98.6 Å². The van der Waals surface area contributed by atoms with Gasteiger partial charge in [-0.15, -0.1) is 0 Å². The van der Waals surface area contributed by atoms with Crippen molar-refractivity contribution < 1.29 is 0 Å². The number of aryl methyl sites for hydroxylation is 2. The van der Waals surface area contributed by atoms with Crippen LogP contribution in [0, 0.1) is 6.92 Å². The van der Waals surface area contributed by atoms with Crippen molar-refractivity contribution in [1.82, 2.24) is 14.3 Å². The number of nitrogens with one attached hydrogen (secondary N) is 1. The number of hydrogen-bond acceptors (Lipinski definition) is 4. The van der Waals surface area contributed by atoms with Gasteiger partial charge in [-0.2, -0.15) is 5.10 Å². The molecule has 0 aliphatic rings. The largest absolute Gasteiger partial charge is 0.349 e. The summed E-state index contributed by atoms with van der Waals surface area (Å²) >= 11 is 0. The number of nitrogens with two attached hydrogens (primary N) is 1. The van der Waals surface area contributed by atoms with Crippen LogP contribution in [0.4, 0.5) is 5.82 Å². The molecule has 0 amide bonds. The van der Waals surface area contributed by atoms with E-state index in [1.807, 2.05) is 18.5 Å². The van der Waals surface area contributed by atoms with Crippen LogP contribution >= 0.6 is 0 Å². The second-order valence-electron chi connectivity index (χ2n) is 3.89. The summed E-state index contributed by atoms with van der Waals surface area (Å²) in [7, 11) is 1.83. The Hall–Kier alpha value is -2.08. The van der Waals surface area contributed by atoms with E-state index in [0.717, 1.165) is 17.1 Å². The first kappa shape index (κ1) is 11.4. The maximum absolute atomic E-state index is 11.0. The number of hydrogen-bond donors (Lipinski definition) is 2. The van der Waals surface area contributed by atoms with Gasteiger partial charge in [-0.3, -0.25) is 9.48 Å². The lowest BCUT2D eigenvalue weighted by Crippen LogP contribution is -2.14. The van der Waals surface area contributed by atoms with Crippen LogP contribution in [0.15, 0.2) is 29.3 Å². The maximum Gasteiger partial charge on any atom is 0.181 e. The van der Waals surface area contributed by atoms with Gasteiger partial charge in [0.25, 0.3) is 0 Å². The van der Waals surface area contributed by atoms with Crippen molar-refractivity contribution in [1.29, 1.82) is 0 Å². The molecule has 0 aromatic carbocycles. The van der Waals surface area contributed by atoms with E-state index in [4.69, 9.17) is 5.84 Å². The molecule has 0 fully saturated rings. The highest BCUT2D eigenvalue weighted by Gasteiger charge is 2.11. The molecule has 3 N–H and O–H groups in total. The van der Waals surface area contributed by atoms with Crippen molar-refractivity contribution in [3.63, 3.8) is 0 Å².